The van der Waals surface area contributed by atoms with E-state index in [0.717, 1.165) is 17.1 Å². The summed E-state index contributed by atoms with van der Waals surface area (Å²) in [5.74, 6) is 1.53. The van der Waals surface area contributed by atoms with Crippen LogP contribution in [-0.2, 0) is 12.2 Å². The number of nitrogens with one attached hydrogen (secondary N) is 1. The van der Waals surface area contributed by atoms with Gasteiger partial charge in [-0.25, -0.2) is 0 Å². The molecule has 0 aliphatic heterocycles. The molecule has 1 aromatic heterocycles. The molecule has 0 amide bonds. The molecule has 1 heterocycles. The Hall–Kier alpha value is -2.60. The second kappa shape index (κ2) is 7.98. The van der Waals surface area contributed by atoms with Gasteiger partial charge in [-0.05, 0) is 35.7 Å². The van der Waals surface area contributed by atoms with Crippen molar-refractivity contribution >= 4 is 11.8 Å². The number of hydrogen-bond acceptors (Lipinski definition) is 5. The molecule has 0 aliphatic rings. The first-order chi connectivity index (χ1) is 12.2. The number of thioether (sulfide) groups is 1. The molecule has 5 nitrogen and oxygen atoms in total. The lowest BCUT2D eigenvalue weighted by molar-refractivity contribution is 0.414. The van der Waals surface area contributed by atoms with Crippen LogP contribution in [0.2, 0.25) is 0 Å². The van der Waals surface area contributed by atoms with Crippen LogP contribution < -0.4 is 10.3 Å². The highest BCUT2D eigenvalue weighted by molar-refractivity contribution is 7.98. The Morgan fingerprint density at radius 2 is 1.84 bits per heavy atom. The maximum Gasteiger partial charge on any atom is 0.273 e. The molecule has 25 heavy (non-hydrogen) atoms. The summed E-state index contributed by atoms with van der Waals surface area (Å²) in [7, 11) is 1.62. The third-order valence-corrected chi connectivity index (χ3v) is 4.81. The Morgan fingerprint density at radius 3 is 2.52 bits per heavy atom. The topological polar surface area (TPSA) is 67.9 Å². The molecular formula is C19H19N3O2S. The normalized spacial score (nSPS) is 10.6. The predicted molar refractivity (Wildman–Crippen MR) is 99.2 cm³/mol. The molecule has 0 bridgehead atoms. The molecule has 0 radical (unpaired) electrons. The monoisotopic (exact) mass is 353 g/mol. The van der Waals surface area contributed by atoms with Crippen molar-refractivity contribution in [2.24, 2.45) is 0 Å². The number of nitrogens with zero attached hydrogens (tertiary/aromatic N) is 2. The fourth-order valence-corrected chi connectivity index (χ4v) is 3.26. The van der Waals surface area contributed by atoms with E-state index in [0.29, 0.717) is 17.3 Å². The van der Waals surface area contributed by atoms with E-state index in [1.54, 1.807) is 7.11 Å². The summed E-state index contributed by atoms with van der Waals surface area (Å²) in [6, 6.07) is 15.7. The van der Waals surface area contributed by atoms with Crippen LogP contribution in [0, 0.1) is 6.92 Å². The van der Waals surface area contributed by atoms with E-state index in [9.17, 15) is 4.79 Å². The number of methoxy groups -OCH3 is 1. The summed E-state index contributed by atoms with van der Waals surface area (Å²) in [4.78, 5) is 15.1. The predicted octanol–water partition coefficient (Wildman–Crippen LogP) is 3.37. The maximum atomic E-state index is 12.2. The van der Waals surface area contributed by atoms with Crippen LogP contribution in [0.3, 0.4) is 0 Å². The standard InChI is InChI=1S/C19H19N3O2S/c1-13-5-3-4-6-15(13)12-25-19-20-18(23)17(21-22-19)11-14-7-9-16(24-2)10-8-14/h3-10H,11-12H2,1-2H3,(H,20,22,23). The van der Waals surface area contributed by atoms with Crippen LogP contribution in [0.15, 0.2) is 58.5 Å². The number of benzene rings is 2. The number of ether oxygens (including phenoxy) is 1. The summed E-state index contributed by atoms with van der Waals surface area (Å²) in [5, 5.41) is 8.79. The first-order valence-electron chi connectivity index (χ1n) is 7.92. The van der Waals surface area contributed by atoms with E-state index in [2.05, 4.69) is 34.2 Å². The van der Waals surface area contributed by atoms with Gasteiger partial charge in [0.15, 0.2) is 5.16 Å². The van der Waals surface area contributed by atoms with Crippen molar-refractivity contribution in [3.05, 3.63) is 81.3 Å². The highest BCUT2D eigenvalue weighted by atomic mass is 32.2. The van der Waals surface area contributed by atoms with Crippen LogP contribution in [0.5, 0.6) is 5.75 Å². The molecule has 1 N–H and O–H groups in total. The van der Waals surface area contributed by atoms with E-state index in [-0.39, 0.29) is 5.56 Å². The third-order valence-electron chi connectivity index (χ3n) is 3.90. The molecule has 0 aliphatic carbocycles. The lowest BCUT2D eigenvalue weighted by atomic mass is 10.1. The van der Waals surface area contributed by atoms with E-state index < -0.39 is 0 Å². The molecule has 3 aromatic rings. The third kappa shape index (κ3) is 4.48. The van der Waals surface area contributed by atoms with Crippen molar-refractivity contribution in [2.75, 3.05) is 7.11 Å². The van der Waals surface area contributed by atoms with Crippen LogP contribution in [-0.4, -0.2) is 22.3 Å². The van der Waals surface area contributed by atoms with Gasteiger partial charge in [-0.2, -0.15) is 0 Å². The largest absolute Gasteiger partial charge is 0.497 e. The van der Waals surface area contributed by atoms with Crippen LogP contribution in [0.25, 0.3) is 0 Å². The van der Waals surface area contributed by atoms with Crippen LogP contribution in [0.1, 0.15) is 22.4 Å². The van der Waals surface area contributed by atoms with E-state index >= 15 is 0 Å². The van der Waals surface area contributed by atoms with Crippen molar-refractivity contribution in [3.8, 4) is 5.75 Å². The van der Waals surface area contributed by atoms with Crippen molar-refractivity contribution in [1.82, 2.24) is 15.2 Å². The quantitative estimate of drug-likeness (QED) is 0.688. The minimum absolute atomic E-state index is 0.196. The molecule has 0 fully saturated rings. The Bertz CT molecular complexity index is 907. The number of aromatic amines is 1. The molecular weight excluding hydrogens is 334 g/mol. The van der Waals surface area contributed by atoms with Gasteiger partial charge in [0.2, 0.25) is 0 Å². The fourth-order valence-electron chi connectivity index (χ4n) is 2.38. The molecule has 2 aromatic carbocycles. The van der Waals surface area contributed by atoms with Gasteiger partial charge < -0.3 is 4.74 Å². The Kier molecular flexibility index (Phi) is 5.50. The zero-order valence-corrected chi connectivity index (χ0v) is 15.0. The van der Waals surface area contributed by atoms with Gasteiger partial charge in [0.25, 0.3) is 5.56 Å². The first-order valence-corrected chi connectivity index (χ1v) is 8.90. The highest BCUT2D eigenvalue weighted by Crippen LogP contribution is 2.20. The molecule has 0 spiro atoms. The molecule has 3 rings (SSSR count). The van der Waals surface area contributed by atoms with Crippen molar-refractivity contribution < 1.29 is 4.74 Å². The van der Waals surface area contributed by atoms with Crippen molar-refractivity contribution in [3.63, 3.8) is 0 Å². The van der Waals surface area contributed by atoms with Gasteiger partial charge in [-0.15, -0.1) is 10.2 Å². The molecule has 0 saturated carbocycles. The summed E-state index contributed by atoms with van der Waals surface area (Å²) in [6.07, 6.45) is 0.440. The SMILES string of the molecule is COc1ccc(Cc2nnc(SCc3ccccc3C)[nH]c2=O)cc1. The number of hydrogen-bond donors (Lipinski definition) is 1. The summed E-state index contributed by atoms with van der Waals surface area (Å²) >= 11 is 1.48. The first kappa shape index (κ1) is 17.2. The lowest BCUT2D eigenvalue weighted by Crippen LogP contribution is -2.17. The molecule has 0 unspecified atom stereocenters. The summed E-state index contributed by atoms with van der Waals surface area (Å²) < 4.78 is 5.13. The van der Waals surface area contributed by atoms with Gasteiger partial charge in [-0.1, -0.05) is 48.2 Å². The van der Waals surface area contributed by atoms with E-state index in [1.165, 1.54) is 22.9 Å². The van der Waals surface area contributed by atoms with Crippen LogP contribution >= 0.6 is 11.8 Å². The smallest absolute Gasteiger partial charge is 0.273 e. The van der Waals surface area contributed by atoms with Gasteiger partial charge >= 0.3 is 0 Å². The number of aromatic nitrogens is 3. The van der Waals surface area contributed by atoms with Gasteiger partial charge in [-0.3, -0.25) is 9.78 Å². The molecule has 6 heteroatoms. The average molecular weight is 353 g/mol. The molecule has 128 valence electrons. The minimum atomic E-state index is -0.196. The average Bonchev–Trinajstić information content (AvgIpc) is 2.64. The number of H-pyrrole nitrogens is 1. The van der Waals surface area contributed by atoms with Crippen molar-refractivity contribution in [1.29, 1.82) is 0 Å². The van der Waals surface area contributed by atoms with Gasteiger partial charge in [0.05, 0.1) is 7.11 Å². The fraction of sp³-hybridized carbons (Fsp3) is 0.211. The van der Waals surface area contributed by atoms with Crippen LogP contribution in [0.4, 0.5) is 0 Å². The Labute approximate surface area is 150 Å². The molecule has 0 atom stereocenters. The Morgan fingerprint density at radius 1 is 1.08 bits per heavy atom. The second-order valence-electron chi connectivity index (χ2n) is 5.65. The molecule has 0 saturated heterocycles. The maximum absolute atomic E-state index is 12.2. The van der Waals surface area contributed by atoms with Gasteiger partial charge in [0.1, 0.15) is 11.4 Å². The zero-order valence-electron chi connectivity index (χ0n) is 14.2. The lowest BCUT2D eigenvalue weighted by Gasteiger charge is -2.05. The highest BCUT2D eigenvalue weighted by Gasteiger charge is 2.08. The number of rotatable bonds is 6. The number of aryl methyl sites for hydroxylation is 1. The Balaban J connectivity index is 1.68. The van der Waals surface area contributed by atoms with Gasteiger partial charge in [0, 0.05) is 12.2 Å². The summed E-state index contributed by atoms with van der Waals surface area (Å²) in [5.41, 5.74) is 3.64. The zero-order chi connectivity index (χ0) is 17.6. The summed E-state index contributed by atoms with van der Waals surface area (Å²) in [6.45, 7) is 2.07. The van der Waals surface area contributed by atoms with E-state index in [4.69, 9.17) is 4.74 Å². The van der Waals surface area contributed by atoms with E-state index in [1.807, 2.05) is 36.4 Å². The second-order valence-corrected chi connectivity index (χ2v) is 6.61. The minimum Gasteiger partial charge on any atom is -0.497 e. The van der Waals surface area contributed by atoms with Crippen molar-refractivity contribution in [2.45, 2.75) is 24.3 Å².